The number of anilines is 1. The highest BCUT2D eigenvalue weighted by Crippen LogP contribution is 2.27. The molecule has 2 rings (SSSR count). The summed E-state index contributed by atoms with van der Waals surface area (Å²) in [6.45, 7) is 6.34. The Kier molecular flexibility index (Phi) is 3.89. The first kappa shape index (κ1) is 12.7. The van der Waals surface area contributed by atoms with Gasteiger partial charge in [-0.15, -0.1) is 0 Å². The lowest BCUT2D eigenvalue weighted by atomic mass is 10.1. The molecule has 0 bridgehead atoms. The third kappa shape index (κ3) is 2.72. The quantitative estimate of drug-likeness (QED) is 0.831. The van der Waals surface area contributed by atoms with Crippen molar-refractivity contribution in [1.29, 1.82) is 0 Å². The zero-order chi connectivity index (χ0) is 12.4. The second-order valence-electron chi connectivity index (χ2n) is 4.70. The van der Waals surface area contributed by atoms with Gasteiger partial charge < -0.3 is 10.2 Å². The van der Waals surface area contributed by atoms with Crippen LogP contribution >= 0.6 is 11.6 Å². The predicted octanol–water partition coefficient (Wildman–Crippen LogP) is 3.06. The third-order valence-electron chi connectivity index (χ3n) is 3.33. The Morgan fingerprint density at radius 3 is 2.82 bits per heavy atom. The van der Waals surface area contributed by atoms with E-state index in [0.29, 0.717) is 12.1 Å². The Hall–Kier alpha value is -0.800. The van der Waals surface area contributed by atoms with E-state index in [0.717, 1.165) is 25.2 Å². The van der Waals surface area contributed by atoms with E-state index >= 15 is 0 Å². The first-order valence-corrected chi connectivity index (χ1v) is 6.41. The van der Waals surface area contributed by atoms with Gasteiger partial charge >= 0.3 is 0 Å². The molecule has 1 heterocycles. The molecule has 1 N–H and O–H groups in total. The Labute approximate surface area is 107 Å². The zero-order valence-corrected chi connectivity index (χ0v) is 11.0. The van der Waals surface area contributed by atoms with Crippen molar-refractivity contribution in [1.82, 2.24) is 5.32 Å². The molecule has 4 heteroatoms. The van der Waals surface area contributed by atoms with E-state index in [1.165, 1.54) is 6.07 Å². The van der Waals surface area contributed by atoms with Crippen molar-refractivity contribution in [3.8, 4) is 0 Å². The van der Waals surface area contributed by atoms with Gasteiger partial charge in [-0.05, 0) is 45.0 Å². The fourth-order valence-corrected chi connectivity index (χ4v) is 2.62. The van der Waals surface area contributed by atoms with Gasteiger partial charge in [-0.3, -0.25) is 0 Å². The molecule has 2 atom stereocenters. The minimum absolute atomic E-state index is 0.194. The maximum atomic E-state index is 13.2. The molecule has 2 nitrogen and oxygen atoms in total. The lowest BCUT2D eigenvalue weighted by Crippen LogP contribution is -2.41. The van der Waals surface area contributed by atoms with Gasteiger partial charge in [0.05, 0.1) is 5.02 Å². The van der Waals surface area contributed by atoms with Crippen LogP contribution in [0, 0.1) is 5.82 Å². The van der Waals surface area contributed by atoms with Crippen LogP contribution < -0.4 is 10.2 Å². The van der Waals surface area contributed by atoms with Crippen LogP contribution in [0.1, 0.15) is 20.3 Å². The van der Waals surface area contributed by atoms with Crippen molar-refractivity contribution in [2.45, 2.75) is 32.4 Å². The van der Waals surface area contributed by atoms with E-state index in [-0.39, 0.29) is 10.8 Å². The molecular weight excluding hydrogens is 239 g/mol. The van der Waals surface area contributed by atoms with Gasteiger partial charge in [0.2, 0.25) is 0 Å². The molecule has 0 aromatic heterocycles. The maximum absolute atomic E-state index is 13.2. The molecule has 0 spiro atoms. The molecular formula is C13H18ClFN2. The SMILES string of the molecule is CC1CCNCC(C)N1c1ccc(F)c(Cl)c1. The number of nitrogens with one attached hydrogen (secondary N) is 1. The topological polar surface area (TPSA) is 15.3 Å². The first-order valence-electron chi connectivity index (χ1n) is 6.03. The summed E-state index contributed by atoms with van der Waals surface area (Å²) in [5.41, 5.74) is 1.00. The summed E-state index contributed by atoms with van der Waals surface area (Å²) in [4.78, 5) is 2.31. The van der Waals surface area contributed by atoms with E-state index in [9.17, 15) is 4.39 Å². The van der Waals surface area contributed by atoms with Gasteiger partial charge in [0, 0.05) is 24.3 Å². The van der Waals surface area contributed by atoms with Crippen molar-refractivity contribution in [3.63, 3.8) is 0 Å². The zero-order valence-electron chi connectivity index (χ0n) is 10.2. The van der Waals surface area contributed by atoms with Crippen LogP contribution in [0.25, 0.3) is 0 Å². The maximum Gasteiger partial charge on any atom is 0.141 e. The number of hydrogen-bond acceptors (Lipinski definition) is 2. The molecule has 1 fully saturated rings. The van der Waals surface area contributed by atoms with Gasteiger partial charge in [0.1, 0.15) is 5.82 Å². The Balaban J connectivity index is 2.31. The highest BCUT2D eigenvalue weighted by Gasteiger charge is 2.23. The minimum Gasteiger partial charge on any atom is -0.365 e. The Bertz CT molecular complexity index is 385. The van der Waals surface area contributed by atoms with Crippen molar-refractivity contribution < 1.29 is 4.39 Å². The summed E-state index contributed by atoms with van der Waals surface area (Å²) in [5, 5.41) is 3.60. The molecule has 0 amide bonds. The van der Waals surface area contributed by atoms with Crippen LogP contribution in [-0.2, 0) is 0 Å². The average molecular weight is 257 g/mol. The van der Waals surface area contributed by atoms with Gasteiger partial charge in [-0.2, -0.15) is 0 Å². The normalized spacial score (nSPS) is 25.8. The molecule has 0 radical (unpaired) electrons. The third-order valence-corrected chi connectivity index (χ3v) is 3.62. The van der Waals surface area contributed by atoms with Crippen LogP contribution in [0.4, 0.5) is 10.1 Å². The van der Waals surface area contributed by atoms with Crippen LogP contribution in [0.15, 0.2) is 18.2 Å². The number of hydrogen-bond donors (Lipinski definition) is 1. The Morgan fingerprint density at radius 1 is 1.35 bits per heavy atom. The summed E-state index contributed by atoms with van der Waals surface area (Å²) in [5.74, 6) is -0.358. The van der Waals surface area contributed by atoms with Crippen molar-refractivity contribution in [2.75, 3.05) is 18.0 Å². The lowest BCUT2D eigenvalue weighted by molar-refractivity contribution is 0.573. The lowest BCUT2D eigenvalue weighted by Gasteiger charge is -2.34. The molecule has 1 aliphatic heterocycles. The minimum atomic E-state index is -0.358. The van der Waals surface area contributed by atoms with Crippen molar-refractivity contribution in [3.05, 3.63) is 29.0 Å². The number of rotatable bonds is 1. The van der Waals surface area contributed by atoms with Gasteiger partial charge in [-0.1, -0.05) is 11.6 Å². The number of halogens is 2. The van der Waals surface area contributed by atoms with Crippen molar-refractivity contribution in [2.24, 2.45) is 0 Å². The van der Waals surface area contributed by atoms with Crippen LogP contribution in [0.3, 0.4) is 0 Å². The molecule has 94 valence electrons. The van der Waals surface area contributed by atoms with Gasteiger partial charge in [-0.25, -0.2) is 4.39 Å². The second-order valence-corrected chi connectivity index (χ2v) is 5.10. The monoisotopic (exact) mass is 256 g/mol. The molecule has 1 aromatic carbocycles. The molecule has 17 heavy (non-hydrogen) atoms. The molecule has 2 unspecified atom stereocenters. The van der Waals surface area contributed by atoms with Crippen LogP contribution in [0.2, 0.25) is 5.02 Å². The average Bonchev–Trinajstić information content (AvgIpc) is 2.45. The smallest absolute Gasteiger partial charge is 0.141 e. The summed E-state index contributed by atoms with van der Waals surface area (Å²) >= 11 is 5.85. The van der Waals surface area contributed by atoms with E-state index in [1.54, 1.807) is 12.1 Å². The fraction of sp³-hybridized carbons (Fsp3) is 0.538. The molecule has 1 aromatic rings. The van der Waals surface area contributed by atoms with E-state index < -0.39 is 0 Å². The van der Waals surface area contributed by atoms with E-state index in [2.05, 4.69) is 24.1 Å². The van der Waals surface area contributed by atoms with E-state index in [1.807, 2.05) is 0 Å². The van der Waals surface area contributed by atoms with Crippen LogP contribution in [0.5, 0.6) is 0 Å². The highest BCUT2D eigenvalue weighted by atomic mass is 35.5. The molecule has 0 saturated carbocycles. The predicted molar refractivity (Wildman–Crippen MR) is 70.3 cm³/mol. The molecule has 1 aliphatic rings. The number of benzene rings is 1. The molecule has 0 aliphatic carbocycles. The summed E-state index contributed by atoms with van der Waals surface area (Å²) in [6.07, 6.45) is 1.08. The summed E-state index contributed by atoms with van der Waals surface area (Å²) < 4.78 is 13.2. The fourth-order valence-electron chi connectivity index (χ4n) is 2.45. The second kappa shape index (κ2) is 5.23. The standard InChI is InChI=1S/C13H18ClFN2/c1-9-5-6-16-8-10(2)17(9)11-3-4-13(15)12(14)7-11/h3-4,7,9-10,16H,5-6,8H2,1-2H3. The first-order chi connectivity index (χ1) is 8.09. The highest BCUT2D eigenvalue weighted by molar-refractivity contribution is 6.31. The molecule has 1 saturated heterocycles. The summed E-state index contributed by atoms with van der Waals surface area (Å²) in [6, 6.07) is 5.78. The van der Waals surface area contributed by atoms with Gasteiger partial charge in [0.25, 0.3) is 0 Å². The van der Waals surface area contributed by atoms with Gasteiger partial charge in [0.15, 0.2) is 0 Å². The largest absolute Gasteiger partial charge is 0.365 e. The van der Waals surface area contributed by atoms with Crippen LogP contribution in [-0.4, -0.2) is 25.2 Å². The van der Waals surface area contributed by atoms with E-state index in [4.69, 9.17) is 11.6 Å². The Morgan fingerprint density at radius 2 is 2.12 bits per heavy atom. The number of nitrogens with zero attached hydrogens (tertiary/aromatic N) is 1. The van der Waals surface area contributed by atoms with Crippen molar-refractivity contribution >= 4 is 17.3 Å². The summed E-state index contributed by atoms with van der Waals surface area (Å²) in [7, 11) is 0.